The Kier molecular flexibility index (Phi) is 59.9. The minimum absolute atomic E-state index is 0. The quantitative estimate of drug-likeness (QED) is 0.0449. The summed E-state index contributed by atoms with van der Waals surface area (Å²) in [5.74, 6) is 0. The summed E-state index contributed by atoms with van der Waals surface area (Å²) in [6, 6.07) is 0. The summed E-state index contributed by atoms with van der Waals surface area (Å²) < 4.78 is 0. The van der Waals surface area contributed by atoms with Crippen molar-refractivity contribution >= 4 is 29.6 Å². The van der Waals surface area contributed by atoms with E-state index in [1.807, 2.05) is 0 Å². The molecule has 0 aliphatic heterocycles. The van der Waals surface area contributed by atoms with Gasteiger partial charge in [-0.15, -0.1) is 0 Å². The normalized spacial score (nSPS) is 11.0. The second kappa shape index (κ2) is 53.8. The van der Waals surface area contributed by atoms with Crippen molar-refractivity contribution in [2.24, 2.45) is 0 Å². The smallest absolute Gasteiger partial charge is 0 e. The van der Waals surface area contributed by atoms with Crippen molar-refractivity contribution in [1.29, 1.82) is 0 Å². The molecule has 0 aromatic carbocycles. The molecule has 0 bridgehead atoms. The van der Waals surface area contributed by atoms with Crippen LogP contribution in [0.4, 0.5) is 0 Å². The maximum absolute atomic E-state index is 2.30. The Labute approximate surface area is 325 Å². The van der Waals surface area contributed by atoms with Crippen LogP contribution in [0, 0.1) is 0 Å². The maximum Gasteiger partial charge on any atom is 0 e. The van der Waals surface area contributed by atoms with E-state index in [1.54, 1.807) is 0 Å². The van der Waals surface area contributed by atoms with E-state index in [1.165, 1.54) is 270 Å². The van der Waals surface area contributed by atoms with Crippen molar-refractivity contribution < 1.29 is 0 Å². The Bertz CT molecular complexity index is 378. The van der Waals surface area contributed by atoms with Gasteiger partial charge in [-0.2, -0.15) is 0 Å². The Hall–Kier alpha value is 1.00. The van der Waals surface area contributed by atoms with Crippen LogP contribution in [0.25, 0.3) is 0 Å². The third-order valence-corrected chi connectivity index (χ3v) is 10.4. The Morgan fingerprint density at radius 2 is 0.191 bits per heavy atom. The summed E-state index contributed by atoms with van der Waals surface area (Å²) in [6.07, 6.45) is 61.8. The average Bonchev–Trinajstić information content (AvgIpc) is 3.07. The molecule has 0 aromatic heterocycles. The van der Waals surface area contributed by atoms with Crippen molar-refractivity contribution in [3.8, 4) is 0 Å². The number of unbranched alkanes of at least 4 members (excludes halogenated alkanes) is 40. The van der Waals surface area contributed by atoms with Gasteiger partial charge in [-0.1, -0.05) is 297 Å². The summed E-state index contributed by atoms with van der Waals surface area (Å²) in [5.41, 5.74) is 0. The van der Waals surface area contributed by atoms with Crippen molar-refractivity contribution in [2.45, 2.75) is 297 Å². The minimum Gasteiger partial charge on any atom is -0.0654 e. The maximum atomic E-state index is 2.30. The molecule has 47 heavy (non-hydrogen) atoms. The molecule has 0 N–H and O–H groups in total. The molecule has 0 rings (SSSR count). The number of hydrogen-bond donors (Lipinski definition) is 0. The summed E-state index contributed by atoms with van der Waals surface area (Å²) in [4.78, 5) is 0. The van der Waals surface area contributed by atoms with Crippen molar-refractivity contribution in [3.05, 3.63) is 0 Å². The zero-order valence-corrected chi connectivity index (χ0v) is 36.7. The third-order valence-electron chi connectivity index (χ3n) is 10.4. The predicted octanol–water partition coefficient (Wildman–Crippen LogP) is 18.1. The summed E-state index contributed by atoms with van der Waals surface area (Å²) in [5, 5.41) is 0. The summed E-state index contributed by atoms with van der Waals surface area (Å²) in [7, 11) is 0. The third kappa shape index (κ3) is 56.6. The topological polar surface area (TPSA) is 0 Å². The molecule has 1 radical (unpaired) electrons. The fourth-order valence-corrected chi connectivity index (χ4v) is 7.01. The molecule has 0 aromatic rings. The predicted molar refractivity (Wildman–Crippen MR) is 222 cm³/mol. The van der Waals surface area contributed by atoms with Crippen LogP contribution in [-0.2, 0) is 0 Å². The zero-order chi connectivity index (χ0) is 33.7. The van der Waals surface area contributed by atoms with Gasteiger partial charge in [0.05, 0.1) is 0 Å². The molecular formula is C46H96Na. The van der Waals surface area contributed by atoms with Gasteiger partial charge in [0.1, 0.15) is 0 Å². The van der Waals surface area contributed by atoms with Crippen molar-refractivity contribution in [3.63, 3.8) is 0 Å². The van der Waals surface area contributed by atoms with Crippen LogP contribution >= 0.6 is 0 Å². The van der Waals surface area contributed by atoms with E-state index in [2.05, 4.69) is 27.7 Å². The van der Waals surface area contributed by atoms with Crippen LogP contribution in [0.3, 0.4) is 0 Å². The Balaban J connectivity index is -0.000000807. The molecule has 0 saturated heterocycles. The van der Waals surface area contributed by atoms with Crippen LogP contribution in [-0.4, -0.2) is 29.6 Å². The first-order valence-electron chi connectivity index (χ1n) is 22.8. The monoisotopic (exact) mass is 672 g/mol. The van der Waals surface area contributed by atoms with Crippen LogP contribution < -0.4 is 0 Å². The fourth-order valence-electron chi connectivity index (χ4n) is 7.01. The van der Waals surface area contributed by atoms with Gasteiger partial charge in [0, 0.05) is 29.6 Å². The first kappa shape index (κ1) is 52.4. The SMILES string of the molecule is CCCCCCCCCCCCCCCCCCCCCCC.CCCCCCCCCCCCCCCCCCCCCCC.[Na]. The zero-order valence-electron chi connectivity index (χ0n) is 34.7. The van der Waals surface area contributed by atoms with Gasteiger partial charge >= 0.3 is 0 Å². The van der Waals surface area contributed by atoms with Crippen LogP contribution in [0.5, 0.6) is 0 Å². The van der Waals surface area contributed by atoms with Gasteiger partial charge < -0.3 is 0 Å². The molecule has 1 heteroatoms. The molecule has 0 saturated carbocycles. The largest absolute Gasteiger partial charge is 0.0654 e. The van der Waals surface area contributed by atoms with Gasteiger partial charge in [-0.3, -0.25) is 0 Å². The van der Waals surface area contributed by atoms with E-state index in [0.717, 1.165) is 0 Å². The number of hydrogen-bond acceptors (Lipinski definition) is 0. The van der Waals surface area contributed by atoms with Crippen LogP contribution in [0.15, 0.2) is 0 Å². The van der Waals surface area contributed by atoms with Crippen LogP contribution in [0.2, 0.25) is 0 Å². The minimum atomic E-state index is 0. The first-order valence-corrected chi connectivity index (χ1v) is 22.8. The van der Waals surface area contributed by atoms with Gasteiger partial charge in [0.25, 0.3) is 0 Å². The van der Waals surface area contributed by atoms with E-state index in [-0.39, 0.29) is 29.6 Å². The van der Waals surface area contributed by atoms with Gasteiger partial charge in [0.2, 0.25) is 0 Å². The van der Waals surface area contributed by atoms with Crippen LogP contribution in [0.1, 0.15) is 297 Å². The molecule has 0 spiro atoms. The van der Waals surface area contributed by atoms with E-state index < -0.39 is 0 Å². The molecule has 0 nitrogen and oxygen atoms in total. The summed E-state index contributed by atoms with van der Waals surface area (Å²) in [6.45, 7) is 9.20. The van der Waals surface area contributed by atoms with Gasteiger partial charge in [-0.05, 0) is 0 Å². The second-order valence-electron chi connectivity index (χ2n) is 15.4. The Morgan fingerprint density at radius 1 is 0.128 bits per heavy atom. The van der Waals surface area contributed by atoms with E-state index in [9.17, 15) is 0 Å². The molecule has 0 atom stereocenters. The first-order chi connectivity index (χ1) is 22.8. The molecule has 0 heterocycles. The molecule has 281 valence electrons. The van der Waals surface area contributed by atoms with E-state index in [0.29, 0.717) is 0 Å². The number of rotatable bonds is 40. The summed E-state index contributed by atoms with van der Waals surface area (Å²) >= 11 is 0. The van der Waals surface area contributed by atoms with Gasteiger partial charge in [-0.25, -0.2) is 0 Å². The molecule has 0 aliphatic rings. The molecule has 0 fully saturated rings. The second-order valence-corrected chi connectivity index (χ2v) is 15.4. The average molecular weight is 672 g/mol. The fraction of sp³-hybridized carbons (Fsp3) is 1.00. The van der Waals surface area contributed by atoms with E-state index in [4.69, 9.17) is 0 Å². The van der Waals surface area contributed by atoms with E-state index >= 15 is 0 Å². The van der Waals surface area contributed by atoms with Crippen molar-refractivity contribution in [1.82, 2.24) is 0 Å². The standard InChI is InChI=1S/2C23H48.Na/c2*1-3-5-7-9-11-13-15-17-19-21-23-22-20-18-16-14-12-10-8-6-4-2;/h2*3-23H2,1-2H3;. The molecule has 0 amide bonds. The molecule has 0 aliphatic carbocycles. The van der Waals surface area contributed by atoms with Crippen molar-refractivity contribution in [2.75, 3.05) is 0 Å². The molecular weight excluding hydrogens is 575 g/mol. The Morgan fingerprint density at radius 3 is 0.255 bits per heavy atom. The van der Waals surface area contributed by atoms with Gasteiger partial charge in [0.15, 0.2) is 0 Å². The molecule has 0 unspecified atom stereocenters.